The minimum atomic E-state index is -5.25. The molecule has 0 aromatic carbocycles. The van der Waals surface area contributed by atoms with Crippen molar-refractivity contribution in [1.82, 2.24) is 0 Å². The fourth-order valence-electron chi connectivity index (χ4n) is 4.20. The molecular formula is C29H53Na2O9PS. The second-order valence-electron chi connectivity index (χ2n) is 10.4. The van der Waals surface area contributed by atoms with E-state index in [-0.39, 0.29) is 83.7 Å². The Labute approximate surface area is 303 Å². The Balaban J connectivity index is -0.00000760. The predicted molar refractivity (Wildman–Crippen MR) is 156 cm³/mol. The topological polar surface area (TPSA) is 142 Å². The summed E-state index contributed by atoms with van der Waals surface area (Å²) >= 11 is 1.37. The van der Waals surface area contributed by atoms with Gasteiger partial charge in [-0.05, 0) is 19.3 Å². The quantitative estimate of drug-likeness (QED) is 0.0504. The molecule has 0 aliphatic heterocycles. The van der Waals surface area contributed by atoms with E-state index in [1.165, 1.54) is 50.3 Å². The van der Waals surface area contributed by atoms with Gasteiger partial charge in [0.1, 0.15) is 6.61 Å². The van der Waals surface area contributed by atoms with Gasteiger partial charge in [-0.3, -0.25) is 14.4 Å². The number of carbonyl (C=O) groups excluding carboxylic acids is 3. The fourth-order valence-corrected chi connectivity index (χ4v) is 5.18. The van der Waals surface area contributed by atoms with Gasteiger partial charge in [-0.15, -0.1) is 0 Å². The zero-order chi connectivity index (χ0) is 29.9. The maximum Gasteiger partial charge on any atom is 1.00 e. The van der Waals surface area contributed by atoms with Crippen LogP contribution >= 0.6 is 19.6 Å². The molecule has 0 amide bonds. The van der Waals surface area contributed by atoms with Crippen molar-refractivity contribution in [1.29, 1.82) is 0 Å². The van der Waals surface area contributed by atoms with E-state index in [9.17, 15) is 28.7 Å². The molecule has 1 atom stereocenters. The van der Waals surface area contributed by atoms with Crippen LogP contribution in [0.2, 0.25) is 0 Å². The molecule has 0 unspecified atom stereocenters. The summed E-state index contributed by atoms with van der Waals surface area (Å²) in [5, 5.41) is 0.165. The summed E-state index contributed by atoms with van der Waals surface area (Å²) in [6, 6.07) is 0. The van der Waals surface area contributed by atoms with E-state index in [1.54, 1.807) is 6.92 Å². The Kier molecular flexibility index (Phi) is 37.8. The van der Waals surface area contributed by atoms with Crippen LogP contribution in [-0.2, 0) is 32.9 Å². The second-order valence-corrected chi connectivity index (χ2v) is 12.8. The minimum absolute atomic E-state index is 0. The smallest absolute Gasteiger partial charge is 0.790 e. The Morgan fingerprint density at radius 2 is 1.10 bits per heavy atom. The van der Waals surface area contributed by atoms with Gasteiger partial charge in [0, 0.05) is 25.5 Å². The van der Waals surface area contributed by atoms with E-state index in [0.717, 1.165) is 70.0 Å². The molecule has 0 heterocycles. The molecule has 0 rings (SSSR count). The molecule has 0 saturated heterocycles. The van der Waals surface area contributed by atoms with E-state index >= 15 is 0 Å². The van der Waals surface area contributed by atoms with E-state index < -0.39 is 32.5 Å². The Morgan fingerprint density at radius 3 is 1.55 bits per heavy atom. The number of hydrogen-bond donors (Lipinski definition) is 0. The number of hydrogen-bond acceptors (Lipinski definition) is 10. The van der Waals surface area contributed by atoms with Gasteiger partial charge in [-0.1, -0.05) is 115 Å². The van der Waals surface area contributed by atoms with Crippen molar-refractivity contribution in [2.24, 2.45) is 0 Å². The van der Waals surface area contributed by atoms with Crippen LogP contribution in [0.15, 0.2) is 0 Å². The van der Waals surface area contributed by atoms with Gasteiger partial charge in [-0.2, -0.15) is 0 Å². The third kappa shape index (κ3) is 37.3. The van der Waals surface area contributed by atoms with Gasteiger partial charge in [0.15, 0.2) is 11.2 Å². The minimum Gasteiger partial charge on any atom is -0.790 e. The summed E-state index contributed by atoms with van der Waals surface area (Å²) in [5.74, 6) is -0.115. The van der Waals surface area contributed by atoms with Gasteiger partial charge < -0.3 is 28.3 Å². The Hall–Kier alpha value is 1.07. The number of ether oxygens (including phenoxy) is 2. The first-order chi connectivity index (χ1) is 19.1. The second kappa shape index (κ2) is 33.4. The van der Waals surface area contributed by atoms with E-state index in [2.05, 4.69) is 11.4 Å². The van der Waals surface area contributed by atoms with E-state index in [4.69, 9.17) is 9.47 Å². The molecule has 13 heteroatoms. The molecule has 0 aliphatic rings. The van der Waals surface area contributed by atoms with Crippen LogP contribution in [0.3, 0.4) is 0 Å². The van der Waals surface area contributed by atoms with Crippen molar-refractivity contribution in [2.75, 3.05) is 19.0 Å². The molecule has 0 fully saturated rings. The normalized spacial score (nSPS) is 11.7. The molecule has 0 N–H and O–H groups in total. The number of unbranched alkanes of at least 4 members (excludes halogenated alkanes) is 16. The monoisotopic (exact) mass is 654 g/mol. The average molecular weight is 655 g/mol. The predicted octanol–water partition coefficient (Wildman–Crippen LogP) is 0.396. The molecule has 0 radical (unpaired) electrons. The first kappa shape index (κ1) is 47.5. The van der Waals surface area contributed by atoms with Crippen molar-refractivity contribution < 1.29 is 102 Å². The first-order valence-corrected chi connectivity index (χ1v) is 17.7. The number of esters is 2. The third-order valence-corrected chi connectivity index (χ3v) is 7.83. The van der Waals surface area contributed by atoms with Gasteiger partial charge in [0.2, 0.25) is 0 Å². The molecule has 9 nitrogen and oxygen atoms in total. The summed E-state index contributed by atoms with van der Waals surface area (Å²) in [7, 11) is -5.25. The molecule has 0 bridgehead atoms. The average Bonchev–Trinajstić information content (AvgIpc) is 2.89. The molecule has 0 aliphatic carbocycles. The molecule has 0 spiro atoms. The van der Waals surface area contributed by atoms with Crippen molar-refractivity contribution in [2.45, 2.75) is 148 Å². The van der Waals surface area contributed by atoms with E-state index in [1.807, 2.05) is 0 Å². The summed E-state index contributed by atoms with van der Waals surface area (Å²) in [6.45, 7) is 2.76. The molecule has 0 aromatic rings. The molecule has 0 saturated carbocycles. The molecule has 42 heavy (non-hydrogen) atoms. The number of thioether (sulfide) groups is 1. The van der Waals surface area contributed by atoms with Gasteiger partial charge in [0.05, 0.1) is 14.4 Å². The Bertz CT molecular complexity index is 711. The van der Waals surface area contributed by atoms with Crippen LogP contribution in [0.1, 0.15) is 142 Å². The molecule has 236 valence electrons. The van der Waals surface area contributed by atoms with Crippen LogP contribution in [0.5, 0.6) is 0 Å². The SMILES string of the molecule is CCCCCCCCCCCCC(=O)O[C@@H](COC(=O)CCCCCCCCCCSC(C)=O)COP(=O)([O-])[O-].[Na+].[Na+]. The van der Waals surface area contributed by atoms with Crippen molar-refractivity contribution >= 4 is 36.6 Å². The molecule has 0 aromatic heterocycles. The summed E-state index contributed by atoms with van der Waals surface area (Å²) < 4.78 is 25.5. The number of carbonyl (C=O) groups is 3. The van der Waals surface area contributed by atoms with Crippen LogP contribution in [0.25, 0.3) is 0 Å². The number of phosphoric ester groups is 1. The van der Waals surface area contributed by atoms with Crippen LogP contribution in [-0.4, -0.2) is 42.1 Å². The number of phosphoric acid groups is 1. The van der Waals surface area contributed by atoms with Crippen LogP contribution < -0.4 is 68.9 Å². The maximum atomic E-state index is 12.2. The largest absolute Gasteiger partial charge is 1.00 e. The van der Waals surface area contributed by atoms with Crippen LogP contribution in [0.4, 0.5) is 0 Å². The van der Waals surface area contributed by atoms with Gasteiger partial charge in [0.25, 0.3) is 0 Å². The van der Waals surface area contributed by atoms with Crippen LogP contribution in [0, 0.1) is 0 Å². The zero-order valence-electron chi connectivity index (χ0n) is 26.9. The van der Waals surface area contributed by atoms with Gasteiger partial charge in [-0.25, -0.2) is 0 Å². The van der Waals surface area contributed by atoms with Gasteiger partial charge >= 0.3 is 71.1 Å². The third-order valence-electron chi connectivity index (χ3n) is 6.46. The Morgan fingerprint density at radius 1 is 0.667 bits per heavy atom. The fraction of sp³-hybridized carbons (Fsp3) is 0.897. The number of rotatable bonds is 28. The molecular weight excluding hydrogens is 601 g/mol. The van der Waals surface area contributed by atoms with E-state index in [0.29, 0.717) is 12.8 Å². The summed E-state index contributed by atoms with van der Waals surface area (Å²) in [5.41, 5.74) is 0. The van der Waals surface area contributed by atoms with Crippen molar-refractivity contribution in [3.05, 3.63) is 0 Å². The zero-order valence-corrected chi connectivity index (χ0v) is 32.6. The summed E-state index contributed by atoms with van der Waals surface area (Å²) in [6.07, 6.45) is 18.6. The van der Waals surface area contributed by atoms with Crippen molar-refractivity contribution in [3.63, 3.8) is 0 Å². The maximum absolute atomic E-state index is 12.2. The standard InChI is InChI=1S/C29H55O9PS.2Na/c1-3-4-5-6-7-8-9-13-16-19-22-29(32)38-27(25-37-39(33,34)35)24-36-28(31)21-18-15-12-10-11-14-17-20-23-40-26(2)30;;/h27H,3-25H2,1-2H3,(H2,33,34,35);;/q;2*+1/p-2/t27-;;/m0../s1. The first-order valence-electron chi connectivity index (χ1n) is 15.3. The summed E-state index contributed by atoms with van der Waals surface area (Å²) in [4.78, 5) is 56.9. The van der Waals surface area contributed by atoms with Crippen molar-refractivity contribution in [3.8, 4) is 0 Å².